The largest absolute Gasteiger partial charge is 0.452 e. The van der Waals surface area contributed by atoms with Crippen LogP contribution in [-0.4, -0.2) is 24.5 Å². The summed E-state index contributed by atoms with van der Waals surface area (Å²) in [4.78, 5) is 24.0. The Morgan fingerprint density at radius 3 is 2.50 bits per heavy atom. The molecule has 4 saturated carbocycles. The first-order chi connectivity index (χ1) is 12.5. The highest BCUT2D eigenvalue weighted by atomic mass is 32.1. The van der Waals surface area contributed by atoms with Crippen LogP contribution in [0.25, 0.3) is 6.08 Å². The van der Waals surface area contributed by atoms with E-state index >= 15 is 0 Å². The van der Waals surface area contributed by atoms with Crippen LogP contribution in [0.15, 0.2) is 22.9 Å². The minimum Gasteiger partial charge on any atom is -0.452 e. The first-order valence-electron chi connectivity index (χ1n) is 9.69. The van der Waals surface area contributed by atoms with E-state index in [1.54, 1.807) is 17.4 Å². The van der Waals surface area contributed by atoms with Crippen molar-refractivity contribution in [3.8, 4) is 0 Å². The molecule has 5 heteroatoms. The van der Waals surface area contributed by atoms with Crippen LogP contribution in [0.2, 0.25) is 0 Å². The zero-order chi connectivity index (χ0) is 18.1. The Labute approximate surface area is 159 Å². The minimum atomic E-state index is -0.478. The number of hydrogen-bond acceptors (Lipinski definition) is 4. The summed E-state index contributed by atoms with van der Waals surface area (Å²) in [5, 5.41) is 7.02. The van der Waals surface area contributed by atoms with Crippen LogP contribution in [0.5, 0.6) is 0 Å². The Bertz CT molecular complexity index is 659. The third-order valence-electron chi connectivity index (χ3n) is 6.68. The fourth-order valence-corrected chi connectivity index (χ4v) is 6.49. The standard InChI is InChI=1S/C21H27NO3S/c1-14(21-9-16-6-17(10-21)8-18(7-16)11-21)22-19(23)12-25-20(24)3-2-15-4-5-26-13-15/h2-5,13-14,16-18H,6-12H2,1H3,(H,22,23)/b3-2+/t14-,16?,17?,18?,21?/m1/s1. The first-order valence-corrected chi connectivity index (χ1v) is 10.6. The molecule has 4 bridgehead atoms. The van der Waals surface area contributed by atoms with E-state index in [1.807, 2.05) is 16.8 Å². The molecule has 4 aliphatic rings. The summed E-state index contributed by atoms with van der Waals surface area (Å²) in [6, 6.07) is 2.08. The van der Waals surface area contributed by atoms with E-state index in [4.69, 9.17) is 4.74 Å². The molecule has 0 aromatic carbocycles. The van der Waals surface area contributed by atoms with Gasteiger partial charge in [-0.1, -0.05) is 0 Å². The molecule has 0 saturated heterocycles. The molecule has 0 radical (unpaired) electrons. The van der Waals surface area contributed by atoms with E-state index in [-0.39, 0.29) is 24.0 Å². The Hall–Kier alpha value is -1.62. The molecule has 1 heterocycles. The number of amides is 1. The third kappa shape index (κ3) is 3.73. The predicted octanol–water partition coefficient (Wildman–Crippen LogP) is 4.03. The number of hydrogen-bond donors (Lipinski definition) is 1. The second kappa shape index (κ2) is 7.18. The molecule has 1 atom stereocenters. The lowest BCUT2D eigenvalue weighted by atomic mass is 9.48. The van der Waals surface area contributed by atoms with Gasteiger partial charge in [-0.05, 0) is 97.1 Å². The van der Waals surface area contributed by atoms with Crippen molar-refractivity contribution in [3.05, 3.63) is 28.5 Å². The molecule has 140 valence electrons. The highest BCUT2D eigenvalue weighted by Gasteiger charge is 2.53. The maximum absolute atomic E-state index is 12.3. The van der Waals surface area contributed by atoms with Crippen molar-refractivity contribution < 1.29 is 14.3 Å². The smallest absolute Gasteiger partial charge is 0.331 e. The molecular formula is C21H27NO3S. The van der Waals surface area contributed by atoms with Crippen LogP contribution in [0, 0.1) is 23.2 Å². The van der Waals surface area contributed by atoms with Gasteiger partial charge in [-0.3, -0.25) is 4.79 Å². The Morgan fingerprint density at radius 2 is 1.92 bits per heavy atom. The van der Waals surface area contributed by atoms with Crippen LogP contribution >= 0.6 is 11.3 Å². The molecule has 0 spiro atoms. The number of nitrogens with one attached hydrogen (secondary N) is 1. The van der Waals surface area contributed by atoms with Gasteiger partial charge < -0.3 is 10.1 Å². The van der Waals surface area contributed by atoms with Gasteiger partial charge in [0, 0.05) is 12.1 Å². The van der Waals surface area contributed by atoms with Gasteiger partial charge in [0.1, 0.15) is 0 Å². The minimum absolute atomic E-state index is 0.156. The molecule has 4 aliphatic carbocycles. The van der Waals surface area contributed by atoms with Crippen molar-refractivity contribution in [3.63, 3.8) is 0 Å². The van der Waals surface area contributed by atoms with Crippen molar-refractivity contribution >= 4 is 29.3 Å². The first kappa shape index (κ1) is 17.8. The monoisotopic (exact) mass is 373 g/mol. The van der Waals surface area contributed by atoms with E-state index in [0.29, 0.717) is 0 Å². The fraction of sp³-hybridized carbons (Fsp3) is 0.619. The number of carbonyl (C=O) groups is 2. The predicted molar refractivity (Wildman–Crippen MR) is 103 cm³/mol. The van der Waals surface area contributed by atoms with Gasteiger partial charge in [0.2, 0.25) is 0 Å². The SMILES string of the molecule is C[C@@H](NC(=O)COC(=O)/C=C/c1ccsc1)C12CC3CC(CC(C3)C1)C2. The molecule has 1 amide bonds. The second-order valence-electron chi connectivity index (χ2n) is 8.57. The van der Waals surface area contributed by atoms with Gasteiger partial charge in [-0.2, -0.15) is 11.3 Å². The summed E-state index contributed by atoms with van der Waals surface area (Å²) >= 11 is 1.57. The van der Waals surface area contributed by atoms with E-state index < -0.39 is 5.97 Å². The lowest BCUT2D eigenvalue weighted by Crippen LogP contribution is -2.56. The third-order valence-corrected chi connectivity index (χ3v) is 7.38. The zero-order valence-electron chi connectivity index (χ0n) is 15.3. The van der Waals surface area contributed by atoms with E-state index in [9.17, 15) is 9.59 Å². The van der Waals surface area contributed by atoms with E-state index in [0.717, 1.165) is 23.3 Å². The zero-order valence-corrected chi connectivity index (χ0v) is 16.1. The maximum atomic E-state index is 12.3. The van der Waals surface area contributed by atoms with Crippen molar-refractivity contribution in [2.75, 3.05) is 6.61 Å². The summed E-state index contributed by atoms with van der Waals surface area (Å²) in [5.74, 6) is 1.92. The number of carbonyl (C=O) groups excluding carboxylic acids is 2. The topological polar surface area (TPSA) is 55.4 Å². The van der Waals surface area contributed by atoms with Crippen LogP contribution in [0.1, 0.15) is 51.0 Å². The maximum Gasteiger partial charge on any atom is 0.331 e. The van der Waals surface area contributed by atoms with Crippen molar-refractivity contribution in [1.82, 2.24) is 5.32 Å². The molecule has 4 nitrogen and oxygen atoms in total. The van der Waals surface area contributed by atoms with E-state index in [1.165, 1.54) is 44.6 Å². The Morgan fingerprint density at radius 1 is 1.27 bits per heavy atom. The number of thiophene rings is 1. The molecule has 1 N–H and O–H groups in total. The van der Waals surface area contributed by atoms with E-state index in [2.05, 4.69) is 12.2 Å². The molecule has 1 aromatic heterocycles. The van der Waals surface area contributed by atoms with Gasteiger partial charge in [0.05, 0.1) is 0 Å². The second-order valence-corrected chi connectivity index (χ2v) is 9.35. The van der Waals surface area contributed by atoms with Gasteiger partial charge in [-0.15, -0.1) is 0 Å². The number of esters is 1. The summed E-state index contributed by atoms with van der Waals surface area (Å²) in [7, 11) is 0. The number of ether oxygens (including phenoxy) is 1. The van der Waals surface area contributed by atoms with Crippen LogP contribution in [0.4, 0.5) is 0 Å². The van der Waals surface area contributed by atoms with Gasteiger partial charge >= 0.3 is 5.97 Å². The molecule has 26 heavy (non-hydrogen) atoms. The fourth-order valence-electron chi connectivity index (χ4n) is 5.86. The Kier molecular flexibility index (Phi) is 4.91. The van der Waals surface area contributed by atoms with Crippen LogP contribution in [-0.2, 0) is 14.3 Å². The van der Waals surface area contributed by atoms with Gasteiger partial charge in [-0.25, -0.2) is 4.79 Å². The van der Waals surface area contributed by atoms with Crippen molar-refractivity contribution in [2.24, 2.45) is 23.2 Å². The quantitative estimate of drug-likeness (QED) is 0.605. The average Bonchev–Trinajstić information content (AvgIpc) is 3.10. The Balaban J connectivity index is 1.26. The summed E-state index contributed by atoms with van der Waals surface area (Å²) in [5.41, 5.74) is 1.24. The van der Waals surface area contributed by atoms with Crippen LogP contribution < -0.4 is 5.32 Å². The molecule has 4 fully saturated rings. The summed E-state index contributed by atoms with van der Waals surface area (Å²) < 4.78 is 5.09. The molecule has 0 unspecified atom stereocenters. The van der Waals surface area contributed by atoms with Crippen molar-refractivity contribution in [2.45, 2.75) is 51.5 Å². The molecule has 1 aromatic rings. The summed E-state index contributed by atoms with van der Waals surface area (Å²) in [6.07, 6.45) is 11.0. The number of rotatable bonds is 6. The van der Waals surface area contributed by atoms with Gasteiger partial charge in [0.15, 0.2) is 6.61 Å². The lowest BCUT2D eigenvalue weighted by molar-refractivity contribution is -0.145. The van der Waals surface area contributed by atoms with Gasteiger partial charge in [0.25, 0.3) is 5.91 Å². The highest BCUT2D eigenvalue weighted by Crippen LogP contribution is 2.61. The van der Waals surface area contributed by atoms with Crippen molar-refractivity contribution in [1.29, 1.82) is 0 Å². The highest BCUT2D eigenvalue weighted by molar-refractivity contribution is 7.08. The van der Waals surface area contributed by atoms with Crippen LogP contribution in [0.3, 0.4) is 0 Å². The molecule has 5 rings (SSSR count). The molecule has 0 aliphatic heterocycles. The normalized spacial score (nSPS) is 33.3. The lowest BCUT2D eigenvalue weighted by Gasteiger charge is -2.59. The summed E-state index contributed by atoms with van der Waals surface area (Å²) in [6.45, 7) is 1.94. The average molecular weight is 374 g/mol. The molecular weight excluding hydrogens is 346 g/mol.